The van der Waals surface area contributed by atoms with Crippen molar-refractivity contribution in [1.29, 1.82) is 0 Å². The fraction of sp³-hybridized carbons (Fsp3) is 0.500. The summed E-state index contributed by atoms with van der Waals surface area (Å²) in [5.41, 5.74) is -7.16. The number of aryl methyl sites for hydroxylation is 1. The molecular weight excluding hydrogens is 622 g/mol. The van der Waals surface area contributed by atoms with Crippen molar-refractivity contribution < 1.29 is 55.2 Å². The highest BCUT2D eigenvalue weighted by Crippen LogP contribution is 2.51. The van der Waals surface area contributed by atoms with E-state index in [1.807, 2.05) is 0 Å². The van der Waals surface area contributed by atoms with E-state index in [0.717, 1.165) is 4.90 Å². The summed E-state index contributed by atoms with van der Waals surface area (Å²) in [6.07, 6.45) is -7.97. The van der Waals surface area contributed by atoms with Crippen LogP contribution in [0.2, 0.25) is 0 Å². The van der Waals surface area contributed by atoms with Crippen LogP contribution in [0.25, 0.3) is 6.08 Å². The highest BCUT2D eigenvalue weighted by Gasteiger charge is 2.71. The molecule has 2 aromatic rings. The van der Waals surface area contributed by atoms with E-state index in [-0.39, 0.29) is 42.9 Å². The van der Waals surface area contributed by atoms with Crippen molar-refractivity contribution in [3.05, 3.63) is 58.7 Å². The number of alkyl halides is 6. The van der Waals surface area contributed by atoms with E-state index >= 15 is 0 Å². The van der Waals surface area contributed by atoms with Gasteiger partial charge in [-0.25, -0.2) is 4.79 Å². The summed E-state index contributed by atoms with van der Waals surface area (Å²) in [5, 5.41) is 12.8. The molecule has 2 N–H and O–H groups in total. The number of carbonyl (C=O) groups excluding carboxylic acids is 2. The number of fused-ring (bicyclic) bond motifs is 1. The molecule has 3 amide bonds. The van der Waals surface area contributed by atoms with Gasteiger partial charge in [-0.15, -0.1) is 0 Å². The van der Waals surface area contributed by atoms with Gasteiger partial charge in [-0.2, -0.15) is 26.3 Å². The summed E-state index contributed by atoms with van der Waals surface area (Å²) in [6, 6.07) is 5.82. The fourth-order valence-electron chi connectivity index (χ4n) is 5.67. The van der Waals surface area contributed by atoms with Crippen molar-refractivity contribution >= 4 is 18.0 Å². The first kappa shape index (κ1) is 34.9. The second kappa shape index (κ2) is 13.4. The smallest absolute Gasteiger partial charge is 0.430 e. The van der Waals surface area contributed by atoms with Crippen molar-refractivity contribution in [2.45, 2.75) is 76.4 Å². The topological polar surface area (TPSA) is 97.3 Å². The monoisotopic (exact) mass is 658 g/mol. The molecule has 1 unspecified atom stereocenters. The molecule has 0 aliphatic carbocycles. The predicted octanol–water partition coefficient (Wildman–Crippen LogP) is 6.77. The van der Waals surface area contributed by atoms with Gasteiger partial charge in [-0.1, -0.05) is 38.5 Å². The summed E-state index contributed by atoms with van der Waals surface area (Å²) in [7, 11) is 0. The first-order valence-corrected chi connectivity index (χ1v) is 15.0. The van der Waals surface area contributed by atoms with Crippen molar-refractivity contribution in [3.63, 3.8) is 0 Å². The third-order valence-electron chi connectivity index (χ3n) is 8.06. The van der Waals surface area contributed by atoms with Crippen LogP contribution < -0.4 is 19.5 Å². The maximum absolute atomic E-state index is 13.6. The Hall–Kier alpha value is -3.94. The summed E-state index contributed by atoms with van der Waals surface area (Å²) in [5.74, 6) is 0.675. The van der Waals surface area contributed by atoms with Crippen LogP contribution in [0.3, 0.4) is 0 Å². The number of hydrogen-bond acceptors (Lipinski definition) is 6. The number of nitrogens with one attached hydrogen (secondary N) is 1. The molecule has 2 aliphatic heterocycles. The number of benzene rings is 2. The number of unbranched alkanes of at least 4 members (excludes halogenated alkanes) is 1. The normalized spacial score (nSPS) is 18.8. The highest BCUT2D eigenvalue weighted by atomic mass is 19.4. The average molecular weight is 659 g/mol. The molecule has 1 fully saturated rings. The third-order valence-corrected chi connectivity index (χ3v) is 8.06. The number of urea groups is 1. The van der Waals surface area contributed by atoms with Crippen LogP contribution in [0.4, 0.5) is 31.1 Å². The SMILES string of the molecule is C/C=C/c1cc(C(O)(C(F)(F)F)C(F)(F)F)cc(CCC)c1OCCCCN1C(=O)NC(CC)(c2ccc3c(c2)OCCO3)C1=O. The Morgan fingerprint density at radius 3 is 2.28 bits per heavy atom. The van der Waals surface area contributed by atoms with Crippen LogP contribution in [-0.2, 0) is 22.4 Å². The van der Waals surface area contributed by atoms with Crippen molar-refractivity contribution in [1.82, 2.24) is 10.2 Å². The van der Waals surface area contributed by atoms with Gasteiger partial charge in [0.05, 0.1) is 6.61 Å². The molecule has 8 nitrogen and oxygen atoms in total. The first-order valence-electron chi connectivity index (χ1n) is 15.0. The van der Waals surface area contributed by atoms with Crippen molar-refractivity contribution in [2.75, 3.05) is 26.4 Å². The molecule has 0 spiro atoms. The number of nitrogens with zero attached hydrogens (tertiary/aromatic N) is 1. The largest absolute Gasteiger partial charge is 0.493 e. The first-order chi connectivity index (χ1) is 21.6. The third kappa shape index (κ3) is 6.36. The van der Waals surface area contributed by atoms with E-state index in [9.17, 15) is 41.0 Å². The van der Waals surface area contributed by atoms with E-state index in [1.165, 1.54) is 19.1 Å². The standard InChI is InChI=1S/C32H36F6N2O6/c1-4-9-20-17-23(30(43,31(33,34)35)32(36,37)38)18-21(10-5-2)26(20)46-14-8-7-13-40-27(41)29(6-3,39-28(40)42)22-11-12-24-25(19-22)45-16-15-44-24/h4,9,11-12,17-19,43H,5-8,10,13-16H2,1-3H3,(H,39,42)/b9-4+. The van der Waals surface area contributed by atoms with E-state index in [4.69, 9.17) is 14.2 Å². The number of carbonyl (C=O) groups is 2. The van der Waals surface area contributed by atoms with Gasteiger partial charge >= 0.3 is 18.4 Å². The summed E-state index contributed by atoms with van der Waals surface area (Å²) in [4.78, 5) is 27.6. The number of ether oxygens (including phenoxy) is 3. The molecule has 14 heteroatoms. The van der Waals surface area contributed by atoms with Gasteiger partial charge in [0.25, 0.3) is 11.5 Å². The van der Waals surface area contributed by atoms with E-state index in [1.54, 1.807) is 32.0 Å². The van der Waals surface area contributed by atoms with E-state index in [0.29, 0.717) is 61.7 Å². The quantitative estimate of drug-likeness (QED) is 0.149. The second-order valence-electron chi connectivity index (χ2n) is 11.1. The minimum atomic E-state index is -6.03. The molecule has 4 rings (SSSR count). The predicted molar refractivity (Wildman–Crippen MR) is 156 cm³/mol. The van der Waals surface area contributed by atoms with Gasteiger partial charge in [0, 0.05) is 17.7 Å². The Morgan fingerprint density at radius 2 is 1.67 bits per heavy atom. The number of aliphatic hydroxyl groups is 1. The van der Waals surface area contributed by atoms with Gasteiger partial charge in [0.1, 0.15) is 24.5 Å². The summed E-state index contributed by atoms with van der Waals surface area (Å²) >= 11 is 0. The zero-order valence-corrected chi connectivity index (χ0v) is 25.6. The molecular formula is C32H36F6N2O6. The minimum Gasteiger partial charge on any atom is -0.493 e. The molecule has 0 aromatic heterocycles. The van der Waals surface area contributed by atoms with Crippen LogP contribution in [-0.4, -0.2) is 60.7 Å². The zero-order chi connectivity index (χ0) is 33.9. The van der Waals surface area contributed by atoms with Crippen LogP contribution in [0.15, 0.2) is 36.4 Å². The fourth-order valence-corrected chi connectivity index (χ4v) is 5.67. The lowest BCUT2D eigenvalue weighted by molar-refractivity contribution is -0.376. The molecule has 0 saturated carbocycles. The van der Waals surface area contributed by atoms with Crippen LogP contribution in [0.1, 0.15) is 68.7 Å². The number of halogens is 6. The molecule has 0 bridgehead atoms. The number of rotatable bonds is 12. The van der Waals surface area contributed by atoms with E-state index in [2.05, 4.69) is 5.32 Å². The molecule has 0 radical (unpaired) electrons. The Morgan fingerprint density at radius 1 is 1.00 bits per heavy atom. The lowest BCUT2D eigenvalue weighted by atomic mass is 9.87. The van der Waals surface area contributed by atoms with Gasteiger partial charge in [0.2, 0.25) is 0 Å². The number of hydrogen-bond donors (Lipinski definition) is 2. The van der Waals surface area contributed by atoms with Gasteiger partial charge < -0.3 is 24.6 Å². The molecule has 252 valence electrons. The summed E-state index contributed by atoms with van der Waals surface area (Å²) in [6.45, 7) is 5.81. The van der Waals surface area contributed by atoms with Crippen LogP contribution >= 0.6 is 0 Å². The lowest BCUT2D eigenvalue weighted by Gasteiger charge is -2.33. The van der Waals surface area contributed by atoms with Gasteiger partial charge in [-0.3, -0.25) is 9.69 Å². The molecule has 2 aliphatic rings. The molecule has 2 aromatic carbocycles. The van der Waals surface area contributed by atoms with Gasteiger partial charge in [0.15, 0.2) is 11.5 Å². The van der Waals surface area contributed by atoms with Crippen molar-refractivity contribution in [3.8, 4) is 17.2 Å². The average Bonchev–Trinajstić information content (AvgIpc) is 3.25. The number of amides is 3. The number of allylic oxidation sites excluding steroid dienone is 1. The Balaban J connectivity index is 1.48. The van der Waals surface area contributed by atoms with Crippen molar-refractivity contribution in [2.24, 2.45) is 0 Å². The lowest BCUT2D eigenvalue weighted by Crippen LogP contribution is -2.54. The van der Waals surface area contributed by atoms with Gasteiger partial charge in [-0.05, 0) is 68.0 Å². The van der Waals surface area contributed by atoms with Crippen LogP contribution in [0.5, 0.6) is 17.2 Å². The minimum absolute atomic E-state index is 0.00580. The zero-order valence-electron chi connectivity index (χ0n) is 25.6. The molecule has 2 heterocycles. The number of imide groups is 1. The Labute approximate surface area is 262 Å². The summed E-state index contributed by atoms with van der Waals surface area (Å²) < 4.78 is 98.9. The van der Waals surface area contributed by atoms with Crippen LogP contribution in [0, 0.1) is 0 Å². The highest BCUT2D eigenvalue weighted by molar-refractivity contribution is 6.07. The Kier molecular flexibility index (Phi) is 10.2. The second-order valence-corrected chi connectivity index (χ2v) is 11.1. The molecule has 46 heavy (non-hydrogen) atoms. The molecule has 1 atom stereocenters. The Bertz CT molecular complexity index is 1460. The molecule has 1 saturated heterocycles. The maximum atomic E-state index is 13.6. The van der Waals surface area contributed by atoms with E-state index < -0.39 is 41.0 Å². The maximum Gasteiger partial charge on any atom is 0.430 e.